The number of nitrogens with one attached hydrogen (secondary N) is 1. The molecule has 3 aromatic heterocycles. The third-order valence-electron chi connectivity index (χ3n) is 8.56. The van der Waals surface area contributed by atoms with Crippen molar-refractivity contribution in [3.63, 3.8) is 0 Å². The van der Waals surface area contributed by atoms with Crippen molar-refractivity contribution in [3.8, 4) is 17.1 Å². The van der Waals surface area contributed by atoms with E-state index in [0.29, 0.717) is 65.3 Å². The van der Waals surface area contributed by atoms with Crippen LogP contribution in [0.2, 0.25) is 25.7 Å². The van der Waals surface area contributed by atoms with Gasteiger partial charge in [0.25, 0.3) is 5.91 Å². The summed E-state index contributed by atoms with van der Waals surface area (Å²) in [5.74, 6) is -0.292. The molecule has 0 bridgehead atoms. The van der Waals surface area contributed by atoms with Gasteiger partial charge in [-0.25, -0.2) is 9.97 Å². The van der Waals surface area contributed by atoms with Crippen molar-refractivity contribution in [1.29, 1.82) is 0 Å². The molecule has 11 nitrogen and oxygen atoms in total. The lowest BCUT2D eigenvalue weighted by molar-refractivity contribution is -0.0497. The van der Waals surface area contributed by atoms with Gasteiger partial charge in [0.15, 0.2) is 5.65 Å². The predicted molar refractivity (Wildman–Crippen MR) is 196 cm³/mol. The van der Waals surface area contributed by atoms with Crippen LogP contribution in [0.1, 0.15) is 36.7 Å². The van der Waals surface area contributed by atoms with E-state index in [4.69, 9.17) is 29.3 Å². The Morgan fingerprint density at radius 1 is 1.14 bits per heavy atom. The molecule has 1 aliphatic rings. The number of carbonyl (C=O) groups excluding carboxylic acids is 1. The number of amides is 1. The van der Waals surface area contributed by atoms with Gasteiger partial charge < -0.3 is 24.1 Å². The van der Waals surface area contributed by atoms with Gasteiger partial charge in [0, 0.05) is 51.4 Å². The van der Waals surface area contributed by atoms with Gasteiger partial charge >= 0.3 is 6.61 Å². The molecule has 2 aromatic carbocycles. The highest BCUT2D eigenvalue weighted by molar-refractivity contribution is 6.76. The maximum Gasteiger partial charge on any atom is 0.387 e. The molecular weight excluding hydrogens is 673 g/mol. The highest BCUT2D eigenvalue weighted by Gasteiger charge is 2.26. The summed E-state index contributed by atoms with van der Waals surface area (Å²) in [5, 5.41) is 8.55. The number of rotatable bonds is 13. The normalized spacial score (nSPS) is 16.0. The van der Waals surface area contributed by atoms with E-state index in [2.05, 4.69) is 42.0 Å². The van der Waals surface area contributed by atoms with Gasteiger partial charge in [0.1, 0.15) is 29.4 Å². The zero-order chi connectivity index (χ0) is 36.3. The summed E-state index contributed by atoms with van der Waals surface area (Å²) < 4.78 is 47.2. The fourth-order valence-electron chi connectivity index (χ4n) is 6.11. The van der Waals surface area contributed by atoms with Gasteiger partial charge in [0.2, 0.25) is 0 Å². The van der Waals surface area contributed by atoms with Crippen molar-refractivity contribution in [2.24, 2.45) is 0 Å². The predicted octanol–water partition coefficient (Wildman–Crippen LogP) is 6.79. The quantitative estimate of drug-likeness (QED) is 0.105. The number of nitrogens with zero attached hydrogens (tertiary/aromatic N) is 6. The first-order valence-corrected chi connectivity index (χ1v) is 21.0. The molecule has 1 fully saturated rings. The summed E-state index contributed by atoms with van der Waals surface area (Å²) >= 11 is 0. The number of aromatic nitrogens is 5. The first kappa shape index (κ1) is 36.5. The van der Waals surface area contributed by atoms with Crippen LogP contribution >= 0.6 is 0 Å². The largest absolute Gasteiger partial charge is 0.435 e. The molecule has 1 atom stereocenters. The van der Waals surface area contributed by atoms with E-state index in [1.165, 1.54) is 11.6 Å². The summed E-state index contributed by atoms with van der Waals surface area (Å²) in [6, 6.07) is 16.1. The van der Waals surface area contributed by atoms with Crippen molar-refractivity contribution in [3.05, 3.63) is 72.1 Å². The standard InChI is InChI=1S/C37H47F2N7O4Si/c1-37(2,3)42-35(47)29-23-45(24-48-16-17-51(4,5)6)34-33(29)41-30(19-40-34)32-28-18-26(50-36(38)39)12-13-31(28)46(43-32)22-27-21-44(14-15-49-27)20-25-10-8-7-9-11-25/h7-13,18-19,23,27,36H,14-17,20-22,24H2,1-6H3,(H,42,47). The van der Waals surface area contributed by atoms with Crippen LogP contribution in [0, 0.1) is 0 Å². The van der Waals surface area contributed by atoms with Gasteiger partial charge in [-0.05, 0) is 50.6 Å². The van der Waals surface area contributed by atoms with Gasteiger partial charge in [-0.1, -0.05) is 50.0 Å². The maximum atomic E-state index is 13.6. The van der Waals surface area contributed by atoms with E-state index in [-0.39, 0.29) is 24.5 Å². The highest BCUT2D eigenvalue weighted by atomic mass is 28.3. The van der Waals surface area contributed by atoms with Crippen molar-refractivity contribution < 1.29 is 27.8 Å². The molecule has 14 heteroatoms. The summed E-state index contributed by atoms with van der Waals surface area (Å²) in [4.78, 5) is 25.6. The minimum atomic E-state index is -2.99. The lowest BCUT2D eigenvalue weighted by Gasteiger charge is -2.33. The van der Waals surface area contributed by atoms with Crippen LogP contribution in [-0.2, 0) is 29.3 Å². The smallest absolute Gasteiger partial charge is 0.387 e. The van der Waals surface area contributed by atoms with Crippen LogP contribution in [-0.4, -0.2) is 87.8 Å². The molecule has 1 amide bonds. The van der Waals surface area contributed by atoms with Crippen LogP contribution in [0.5, 0.6) is 5.75 Å². The molecule has 51 heavy (non-hydrogen) atoms. The highest BCUT2D eigenvalue weighted by Crippen LogP contribution is 2.32. The first-order chi connectivity index (χ1) is 24.2. The Balaban J connectivity index is 1.36. The van der Waals surface area contributed by atoms with Crippen LogP contribution in [0.25, 0.3) is 33.5 Å². The number of ether oxygens (including phenoxy) is 3. The summed E-state index contributed by atoms with van der Waals surface area (Å²) in [7, 11) is -1.30. The molecule has 272 valence electrons. The third kappa shape index (κ3) is 9.36. The molecule has 1 aliphatic heterocycles. The molecule has 0 spiro atoms. The molecule has 0 saturated carbocycles. The Hall–Kier alpha value is -4.24. The molecule has 5 aromatic rings. The Bertz CT molecular complexity index is 1970. The Morgan fingerprint density at radius 2 is 1.92 bits per heavy atom. The zero-order valence-corrected chi connectivity index (χ0v) is 31.2. The monoisotopic (exact) mass is 719 g/mol. The first-order valence-electron chi connectivity index (χ1n) is 17.3. The van der Waals surface area contributed by atoms with Crippen molar-refractivity contribution >= 4 is 36.0 Å². The Labute approximate surface area is 297 Å². The van der Waals surface area contributed by atoms with Gasteiger partial charge in [-0.2, -0.15) is 13.9 Å². The molecule has 0 radical (unpaired) electrons. The van der Waals surface area contributed by atoms with Crippen molar-refractivity contribution in [2.75, 3.05) is 26.3 Å². The number of morpholine rings is 1. The molecule has 1 N–H and O–H groups in total. The number of halogens is 2. The summed E-state index contributed by atoms with van der Waals surface area (Å²) in [5.41, 5.74) is 3.49. The lowest BCUT2D eigenvalue weighted by atomic mass is 10.1. The number of benzene rings is 2. The molecule has 4 heterocycles. The van der Waals surface area contributed by atoms with Gasteiger partial charge in [0.05, 0.1) is 36.5 Å². The van der Waals surface area contributed by atoms with Crippen molar-refractivity contribution in [2.45, 2.75) is 84.5 Å². The summed E-state index contributed by atoms with van der Waals surface area (Å²) in [6.45, 7) is 13.8. The van der Waals surface area contributed by atoms with E-state index in [0.717, 1.165) is 19.1 Å². The van der Waals surface area contributed by atoms with E-state index < -0.39 is 20.2 Å². The fraction of sp³-hybridized carbons (Fsp3) is 0.459. The van der Waals surface area contributed by atoms with Crippen LogP contribution < -0.4 is 10.1 Å². The number of hydrogen-bond acceptors (Lipinski definition) is 8. The second-order valence-corrected chi connectivity index (χ2v) is 20.9. The van der Waals surface area contributed by atoms with Crippen molar-refractivity contribution in [1.82, 2.24) is 34.5 Å². The van der Waals surface area contributed by atoms with E-state index in [1.807, 2.05) is 43.7 Å². The Kier molecular flexibility index (Phi) is 10.9. The maximum absolute atomic E-state index is 13.6. The van der Waals surface area contributed by atoms with E-state index >= 15 is 0 Å². The minimum Gasteiger partial charge on any atom is -0.435 e. The molecule has 0 aliphatic carbocycles. The van der Waals surface area contributed by atoms with E-state index in [9.17, 15) is 13.6 Å². The second-order valence-electron chi connectivity index (χ2n) is 15.3. The number of alkyl halides is 2. The number of fused-ring (bicyclic) bond motifs is 2. The van der Waals surface area contributed by atoms with Crippen LogP contribution in [0.3, 0.4) is 0 Å². The topological polar surface area (TPSA) is 109 Å². The lowest BCUT2D eigenvalue weighted by Crippen LogP contribution is -2.43. The average molecular weight is 720 g/mol. The van der Waals surface area contributed by atoms with Crippen LogP contribution in [0.15, 0.2) is 60.9 Å². The number of hydrogen-bond donors (Lipinski definition) is 1. The molecular formula is C37H47F2N7O4Si. The zero-order valence-electron chi connectivity index (χ0n) is 30.2. The van der Waals surface area contributed by atoms with Gasteiger partial charge in [-0.15, -0.1) is 0 Å². The van der Waals surface area contributed by atoms with Crippen LogP contribution in [0.4, 0.5) is 8.78 Å². The third-order valence-corrected chi connectivity index (χ3v) is 10.3. The molecule has 1 saturated heterocycles. The summed E-state index contributed by atoms with van der Waals surface area (Å²) in [6.07, 6.45) is 3.15. The van der Waals surface area contributed by atoms with Gasteiger partial charge in [-0.3, -0.25) is 14.4 Å². The minimum absolute atomic E-state index is 0.00199. The number of carbonyl (C=O) groups is 1. The van der Waals surface area contributed by atoms with E-state index in [1.54, 1.807) is 29.1 Å². The average Bonchev–Trinajstić information content (AvgIpc) is 3.60. The second kappa shape index (κ2) is 15.2. The fourth-order valence-corrected chi connectivity index (χ4v) is 6.87. The Morgan fingerprint density at radius 3 is 2.65 bits per heavy atom. The SMILES string of the molecule is CC(C)(C)NC(=O)c1cn(COCC[Si](C)(C)C)c2ncc(-c3nn(CC4CN(Cc5ccccc5)CCO4)c4ccc(OC(F)F)cc34)nc12. The molecule has 1 unspecified atom stereocenters. The molecule has 6 rings (SSSR count).